The minimum absolute atomic E-state index is 0.0549. The highest BCUT2D eigenvalue weighted by Crippen LogP contribution is 2.19. The van der Waals surface area contributed by atoms with Crippen LogP contribution in [0.15, 0.2) is 24.3 Å². The Morgan fingerprint density at radius 3 is 3.04 bits per heavy atom. The monoisotopic (exact) mass is 335 g/mol. The number of likely N-dealkylation sites (tertiary alicyclic amines) is 1. The molecule has 0 aliphatic carbocycles. The van der Waals surface area contributed by atoms with Crippen LogP contribution in [0.25, 0.3) is 0 Å². The molecule has 1 aromatic rings. The molecule has 7 nitrogen and oxygen atoms in total. The number of nitrogens with one attached hydrogen (secondary N) is 1. The largest absolute Gasteiger partial charge is 0.484 e. The Morgan fingerprint density at radius 2 is 2.33 bits per heavy atom. The molecule has 2 rings (SSSR count). The molecule has 0 saturated carbocycles. The average Bonchev–Trinajstić information content (AvgIpc) is 2.58. The van der Waals surface area contributed by atoms with Crippen molar-refractivity contribution >= 4 is 11.6 Å². The predicted octanol–water partition coefficient (Wildman–Crippen LogP) is 2.21. The number of amides is 1. The summed E-state index contributed by atoms with van der Waals surface area (Å²) in [7, 11) is 0. The lowest BCUT2D eigenvalue weighted by atomic mass is 9.99. The van der Waals surface area contributed by atoms with Gasteiger partial charge in [-0.05, 0) is 38.3 Å². The number of rotatable bonds is 7. The molecular weight excluding hydrogens is 310 g/mol. The molecule has 1 saturated heterocycles. The molecule has 2 atom stereocenters. The van der Waals surface area contributed by atoms with Gasteiger partial charge in [0.1, 0.15) is 5.75 Å². The standard InChI is InChI=1S/C17H25N3O4/c1-13-5-4-8-19(11-13)14(2)10-18-17(21)12-24-16-7-3-6-15(9-16)20(22)23/h3,6-7,9,13-14H,4-5,8,10-12H2,1-2H3,(H,18,21). The van der Waals surface area contributed by atoms with Crippen LogP contribution >= 0.6 is 0 Å². The summed E-state index contributed by atoms with van der Waals surface area (Å²) >= 11 is 0. The highest BCUT2D eigenvalue weighted by atomic mass is 16.6. The number of nitrogens with zero attached hydrogens (tertiary/aromatic N) is 2. The van der Waals surface area contributed by atoms with Crippen LogP contribution in [0.2, 0.25) is 0 Å². The van der Waals surface area contributed by atoms with E-state index in [0.717, 1.165) is 13.1 Å². The average molecular weight is 335 g/mol. The SMILES string of the molecule is CC1CCCN(C(C)CNC(=O)COc2cccc([N+](=O)[O-])c2)C1. The lowest BCUT2D eigenvalue weighted by Crippen LogP contribution is -2.46. The van der Waals surface area contributed by atoms with Crippen molar-refractivity contribution in [2.24, 2.45) is 5.92 Å². The molecule has 0 bridgehead atoms. The van der Waals surface area contributed by atoms with Gasteiger partial charge in [-0.2, -0.15) is 0 Å². The van der Waals surface area contributed by atoms with Crippen molar-refractivity contribution in [3.05, 3.63) is 34.4 Å². The van der Waals surface area contributed by atoms with Crippen LogP contribution in [0.3, 0.4) is 0 Å². The van der Waals surface area contributed by atoms with Gasteiger partial charge in [0.15, 0.2) is 6.61 Å². The highest BCUT2D eigenvalue weighted by Gasteiger charge is 2.21. The normalized spacial score (nSPS) is 19.5. The van der Waals surface area contributed by atoms with E-state index in [0.29, 0.717) is 18.2 Å². The van der Waals surface area contributed by atoms with E-state index in [1.54, 1.807) is 6.07 Å². The molecule has 1 aromatic carbocycles. The molecule has 0 aromatic heterocycles. The van der Waals surface area contributed by atoms with Crippen molar-refractivity contribution in [2.45, 2.75) is 32.7 Å². The molecule has 1 fully saturated rings. The predicted molar refractivity (Wildman–Crippen MR) is 91.0 cm³/mol. The Hall–Kier alpha value is -2.15. The fourth-order valence-electron chi connectivity index (χ4n) is 2.90. The molecule has 1 heterocycles. The van der Waals surface area contributed by atoms with Crippen LogP contribution in [0.4, 0.5) is 5.69 Å². The van der Waals surface area contributed by atoms with Crippen LogP contribution in [0, 0.1) is 16.0 Å². The summed E-state index contributed by atoms with van der Waals surface area (Å²) in [6.45, 7) is 6.94. The third-order valence-electron chi connectivity index (χ3n) is 4.30. The number of carbonyl (C=O) groups is 1. The Labute approximate surface area is 142 Å². The maximum Gasteiger partial charge on any atom is 0.273 e. The van der Waals surface area contributed by atoms with Gasteiger partial charge < -0.3 is 10.1 Å². The number of hydrogen-bond donors (Lipinski definition) is 1. The highest BCUT2D eigenvalue weighted by molar-refractivity contribution is 5.77. The van der Waals surface area contributed by atoms with Gasteiger partial charge >= 0.3 is 0 Å². The van der Waals surface area contributed by atoms with E-state index in [4.69, 9.17) is 4.74 Å². The number of carbonyl (C=O) groups excluding carboxylic acids is 1. The topological polar surface area (TPSA) is 84.7 Å². The first-order valence-electron chi connectivity index (χ1n) is 8.33. The summed E-state index contributed by atoms with van der Waals surface area (Å²) in [6.07, 6.45) is 2.47. The van der Waals surface area contributed by atoms with Gasteiger partial charge in [0.25, 0.3) is 11.6 Å². The summed E-state index contributed by atoms with van der Waals surface area (Å²) in [4.78, 5) is 24.5. The van der Waals surface area contributed by atoms with Gasteiger partial charge in [-0.15, -0.1) is 0 Å². The van der Waals surface area contributed by atoms with E-state index in [-0.39, 0.29) is 24.2 Å². The molecule has 0 spiro atoms. The van der Waals surface area contributed by atoms with Crippen LogP contribution in [-0.2, 0) is 4.79 Å². The zero-order valence-electron chi connectivity index (χ0n) is 14.2. The number of piperidine rings is 1. The van der Waals surface area contributed by atoms with Crippen molar-refractivity contribution < 1.29 is 14.5 Å². The van der Waals surface area contributed by atoms with Gasteiger partial charge in [-0.3, -0.25) is 19.8 Å². The summed E-state index contributed by atoms with van der Waals surface area (Å²) < 4.78 is 5.32. The summed E-state index contributed by atoms with van der Waals surface area (Å²) in [6, 6.07) is 6.11. The van der Waals surface area contributed by atoms with Crippen molar-refractivity contribution in [2.75, 3.05) is 26.2 Å². The summed E-state index contributed by atoms with van der Waals surface area (Å²) in [5.41, 5.74) is -0.0549. The van der Waals surface area contributed by atoms with Crippen molar-refractivity contribution in [3.63, 3.8) is 0 Å². The van der Waals surface area contributed by atoms with Gasteiger partial charge in [0.2, 0.25) is 0 Å². The maximum atomic E-state index is 11.9. The molecular formula is C17H25N3O4. The zero-order chi connectivity index (χ0) is 17.5. The maximum absolute atomic E-state index is 11.9. The van der Waals surface area contributed by atoms with Gasteiger partial charge in [-0.25, -0.2) is 0 Å². The lowest BCUT2D eigenvalue weighted by molar-refractivity contribution is -0.384. The number of nitro groups is 1. The van der Waals surface area contributed by atoms with E-state index in [1.165, 1.54) is 31.0 Å². The van der Waals surface area contributed by atoms with E-state index in [1.807, 2.05) is 0 Å². The van der Waals surface area contributed by atoms with Crippen LogP contribution < -0.4 is 10.1 Å². The first-order valence-corrected chi connectivity index (χ1v) is 8.33. The van der Waals surface area contributed by atoms with Gasteiger partial charge in [0, 0.05) is 25.2 Å². The van der Waals surface area contributed by atoms with Gasteiger partial charge in [-0.1, -0.05) is 13.0 Å². The molecule has 132 valence electrons. The van der Waals surface area contributed by atoms with E-state index in [2.05, 4.69) is 24.1 Å². The Bertz CT molecular complexity index is 579. The summed E-state index contributed by atoms with van der Waals surface area (Å²) in [5, 5.41) is 13.6. The quantitative estimate of drug-likeness (QED) is 0.610. The number of hydrogen-bond acceptors (Lipinski definition) is 5. The third kappa shape index (κ3) is 5.49. The van der Waals surface area contributed by atoms with Gasteiger partial charge in [0.05, 0.1) is 11.0 Å². The van der Waals surface area contributed by atoms with E-state index in [9.17, 15) is 14.9 Å². The Kier molecular flexibility index (Phi) is 6.54. The van der Waals surface area contributed by atoms with Crippen LogP contribution in [0.5, 0.6) is 5.75 Å². The van der Waals surface area contributed by atoms with Crippen molar-refractivity contribution in [3.8, 4) is 5.75 Å². The molecule has 1 aliphatic heterocycles. The smallest absolute Gasteiger partial charge is 0.273 e. The Balaban J connectivity index is 1.73. The summed E-state index contributed by atoms with van der Waals surface area (Å²) in [5.74, 6) is 0.796. The second-order valence-electron chi connectivity index (χ2n) is 6.44. The van der Waals surface area contributed by atoms with Crippen molar-refractivity contribution in [1.29, 1.82) is 0 Å². The van der Waals surface area contributed by atoms with E-state index < -0.39 is 4.92 Å². The number of benzene rings is 1. The number of nitro benzene ring substituents is 1. The zero-order valence-corrected chi connectivity index (χ0v) is 14.2. The van der Waals surface area contributed by atoms with Crippen LogP contribution in [-0.4, -0.2) is 48.0 Å². The second kappa shape index (κ2) is 8.63. The second-order valence-corrected chi connectivity index (χ2v) is 6.44. The molecule has 24 heavy (non-hydrogen) atoms. The lowest BCUT2D eigenvalue weighted by Gasteiger charge is -2.35. The first-order chi connectivity index (χ1) is 11.5. The molecule has 1 aliphatic rings. The fraction of sp³-hybridized carbons (Fsp3) is 0.588. The minimum atomic E-state index is -0.492. The molecule has 7 heteroatoms. The molecule has 1 N–H and O–H groups in total. The molecule has 2 unspecified atom stereocenters. The minimum Gasteiger partial charge on any atom is -0.484 e. The number of non-ortho nitro benzene ring substituents is 1. The fourth-order valence-corrected chi connectivity index (χ4v) is 2.90. The Morgan fingerprint density at radius 1 is 1.54 bits per heavy atom. The molecule has 0 radical (unpaired) electrons. The van der Waals surface area contributed by atoms with E-state index >= 15 is 0 Å². The van der Waals surface area contributed by atoms with Crippen LogP contribution in [0.1, 0.15) is 26.7 Å². The van der Waals surface area contributed by atoms with Crippen molar-refractivity contribution in [1.82, 2.24) is 10.2 Å². The third-order valence-corrected chi connectivity index (χ3v) is 4.30. The number of ether oxygens (including phenoxy) is 1. The molecule has 1 amide bonds. The first kappa shape index (κ1) is 18.2.